The van der Waals surface area contributed by atoms with Crippen molar-refractivity contribution < 1.29 is 20.9 Å². The number of hydrogen-bond donors (Lipinski definition) is 0. The fraction of sp³-hybridized carbons (Fsp3) is 0.615. The van der Waals surface area contributed by atoms with E-state index in [4.69, 9.17) is 20.9 Å². The molecule has 98 valence electrons. The van der Waals surface area contributed by atoms with E-state index in [0.717, 1.165) is 0 Å². The quantitative estimate of drug-likeness (QED) is 0.771. The van der Waals surface area contributed by atoms with Crippen molar-refractivity contribution in [3.8, 4) is 5.88 Å². The van der Waals surface area contributed by atoms with Crippen LogP contribution in [-0.4, -0.2) is 29.9 Å². The van der Waals surface area contributed by atoms with Crippen LogP contribution in [0.2, 0.25) is 0 Å². The van der Waals surface area contributed by atoms with Crippen molar-refractivity contribution in [2.24, 2.45) is 0 Å². The Bertz CT molecular complexity index is 575. The smallest absolute Gasteiger partial charge is 0.478 e. The van der Waals surface area contributed by atoms with Gasteiger partial charge in [-0.05, 0) is 40.6 Å². The first-order valence-electron chi connectivity index (χ1n) is 8.27. The molecule has 1 fully saturated rings. The van der Waals surface area contributed by atoms with Crippen molar-refractivity contribution in [1.82, 2.24) is 4.98 Å². The van der Waals surface area contributed by atoms with Crippen molar-refractivity contribution >= 4 is 12.7 Å². The predicted octanol–water partition coefficient (Wildman–Crippen LogP) is 1.78. The van der Waals surface area contributed by atoms with Gasteiger partial charge in [0.05, 0.1) is 26.1 Å². The fourth-order valence-corrected chi connectivity index (χ4v) is 1.64. The Hall–Kier alpha value is -1.07. The molecule has 1 saturated heterocycles. The van der Waals surface area contributed by atoms with Gasteiger partial charge in [-0.25, -0.2) is 4.98 Å². The highest BCUT2D eigenvalue weighted by Crippen LogP contribution is 2.36. The van der Waals surface area contributed by atoms with E-state index < -0.39 is 31.7 Å². The summed E-state index contributed by atoms with van der Waals surface area (Å²) in [6.45, 7) is 1.85. The molecule has 0 aromatic carbocycles. The molecule has 1 aliphatic rings. The minimum absolute atomic E-state index is 0.140. The molecule has 0 radical (unpaired) electrons. The number of pyridine rings is 1. The first-order chi connectivity index (χ1) is 10.3. The van der Waals surface area contributed by atoms with Gasteiger partial charge in [-0.15, -0.1) is 0 Å². The maximum Gasteiger partial charge on any atom is 0.514 e. The van der Waals surface area contributed by atoms with Crippen molar-refractivity contribution in [2.45, 2.75) is 45.7 Å². The van der Waals surface area contributed by atoms with Crippen LogP contribution in [0.15, 0.2) is 18.2 Å². The average Bonchev–Trinajstić information content (AvgIpc) is 2.57. The van der Waals surface area contributed by atoms with E-state index in [1.54, 1.807) is 12.1 Å². The molecule has 0 unspecified atom stereocenters. The van der Waals surface area contributed by atoms with Gasteiger partial charge >= 0.3 is 7.12 Å². The third-order valence-corrected chi connectivity index (χ3v) is 3.40. The Morgan fingerprint density at radius 1 is 1.33 bits per heavy atom. The highest BCUT2D eigenvalue weighted by molar-refractivity contribution is 6.61. The lowest BCUT2D eigenvalue weighted by Gasteiger charge is -2.32. The molecular weight excluding hydrogens is 229 g/mol. The Labute approximate surface area is 116 Å². The summed E-state index contributed by atoms with van der Waals surface area (Å²) in [5.74, 6) is -0.140. The van der Waals surface area contributed by atoms with E-state index in [1.807, 2.05) is 27.7 Å². The zero-order chi connectivity index (χ0) is 17.7. The number of ether oxygens (including phenoxy) is 1. The summed E-state index contributed by atoms with van der Waals surface area (Å²) in [6, 6.07) is 4.62. The number of rotatable bonds is 3. The molecule has 0 bridgehead atoms. The molecular formula is C13H20BNO3. The van der Waals surface area contributed by atoms with Gasteiger partial charge < -0.3 is 14.0 Å². The van der Waals surface area contributed by atoms with Crippen molar-refractivity contribution in [3.05, 3.63) is 18.2 Å². The van der Waals surface area contributed by atoms with Gasteiger partial charge in [0.25, 0.3) is 0 Å². The van der Waals surface area contributed by atoms with Crippen LogP contribution >= 0.6 is 0 Å². The predicted molar refractivity (Wildman–Crippen MR) is 71.1 cm³/mol. The van der Waals surface area contributed by atoms with Gasteiger partial charge in [0.1, 0.15) is 0 Å². The largest absolute Gasteiger partial charge is 0.514 e. The summed E-state index contributed by atoms with van der Waals surface area (Å²) in [5, 5.41) is 0. The Balaban J connectivity index is 2.22. The van der Waals surface area contributed by atoms with Gasteiger partial charge in [0.2, 0.25) is 5.88 Å². The SMILES string of the molecule is [2H]C([2H])([2H])C([2H])([2H])Oc1cccc(B2OC(C)(C)C(C)(C)O2)n1. The third-order valence-electron chi connectivity index (χ3n) is 3.40. The first kappa shape index (κ1) is 8.18. The highest BCUT2D eigenvalue weighted by atomic mass is 16.7. The molecule has 18 heavy (non-hydrogen) atoms. The molecule has 0 saturated carbocycles. The lowest BCUT2D eigenvalue weighted by molar-refractivity contribution is 0.00578. The molecule has 0 spiro atoms. The summed E-state index contributed by atoms with van der Waals surface area (Å²) in [4.78, 5) is 4.12. The molecule has 0 atom stereocenters. The maximum absolute atomic E-state index is 7.50. The van der Waals surface area contributed by atoms with Crippen LogP contribution in [-0.2, 0) is 9.31 Å². The normalized spacial score (nSPS) is 26.7. The van der Waals surface area contributed by atoms with Gasteiger partial charge in [-0.1, -0.05) is 6.07 Å². The van der Waals surface area contributed by atoms with Crippen LogP contribution in [0.4, 0.5) is 0 Å². The topological polar surface area (TPSA) is 40.6 Å². The molecule has 1 aromatic heterocycles. The lowest BCUT2D eigenvalue weighted by Crippen LogP contribution is -2.41. The minimum atomic E-state index is -2.92. The molecule has 5 heteroatoms. The van der Waals surface area contributed by atoms with E-state index in [0.29, 0.717) is 5.59 Å². The molecule has 1 aromatic rings. The van der Waals surface area contributed by atoms with Crippen molar-refractivity contribution in [3.63, 3.8) is 0 Å². The van der Waals surface area contributed by atoms with Crippen LogP contribution in [0.1, 0.15) is 41.4 Å². The highest BCUT2D eigenvalue weighted by Gasteiger charge is 2.52. The minimum Gasteiger partial charge on any atom is -0.478 e. The number of hydrogen-bond acceptors (Lipinski definition) is 4. The van der Waals surface area contributed by atoms with Gasteiger partial charge in [0.15, 0.2) is 0 Å². The van der Waals surface area contributed by atoms with Crippen molar-refractivity contribution in [1.29, 1.82) is 0 Å². The maximum atomic E-state index is 7.50. The fourth-order valence-electron chi connectivity index (χ4n) is 1.64. The van der Waals surface area contributed by atoms with Crippen LogP contribution in [0.3, 0.4) is 0 Å². The Morgan fingerprint density at radius 2 is 2.00 bits per heavy atom. The van der Waals surface area contributed by atoms with Crippen LogP contribution in [0.25, 0.3) is 0 Å². The van der Waals surface area contributed by atoms with Gasteiger partial charge in [-0.2, -0.15) is 0 Å². The lowest BCUT2D eigenvalue weighted by atomic mass is 9.84. The zero-order valence-corrected chi connectivity index (χ0v) is 11.0. The number of nitrogens with zero attached hydrogens (tertiary/aromatic N) is 1. The molecule has 4 nitrogen and oxygen atoms in total. The van der Waals surface area contributed by atoms with Crippen LogP contribution < -0.4 is 10.3 Å². The van der Waals surface area contributed by atoms with E-state index >= 15 is 0 Å². The van der Waals surface area contributed by atoms with Gasteiger partial charge in [0, 0.05) is 10.2 Å². The van der Waals surface area contributed by atoms with Crippen LogP contribution in [0, 0.1) is 0 Å². The average molecular weight is 254 g/mol. The second kappa shape index (κ2) is 4.55. The second-order valence-electron chi connectivity index (χ2n) is 5.19. The standard InChI is InChI=1S/C13H20BNO3/c1-6-16-11-9-7-8-10(15-11)14-17-12(2,3)13(4,5)18-14/h7-9H,6H2,1-5H3/i1D3,6D2. The molecule has 0 N–H and O–H groups in total. The molecule has 1 aliphatic heterocycles. The van der Waals surface area contributed by atoms with Crippen molar-refractivity contribution in [2.75, 3.05) is 6.56 Å². The van der Waals surface area contributed by atoms with Gasteiger partial charge in [-0.3, -0.25) is 0 Å². The molecule has 0 aliphatic carbocycles. The molecule has 2 rings (SSSR count). The summed E-state index contributed by atoms with van der Waals surface area (Å²) >= 11 is 0. The molecule has 2 heterocycles. The third kappa shape index (κ3) is 2.38. The zero-order valence-electron chi connectivity index (χ0n) is 16.0. The summed E-state index contributed by atoms with van der Waals surface area (Å²) < 4.78 is 53.1. The van der Waals surface area contributed by atoms with E-state index in [2.05, 4.69) is 4.98 Å². The van der Waals surface area contributed by atoms with E-state index in [9.17, 15) is 0 Å². The van der Waals surface area contributed by atoms with E-state index in [-0.39, 0.29) is 5.88 Å². The monoisotopic (exact) mass is 254 g/mol. The number of aromatic nitrogens is 1. The summed E-state index contributed by atoms with van der Waals surface area (Å²) in [5.41, 5.74) is -0.685. The molecule has 0 amide bonds. The Morgan fingerprint density at radius 3 is 2.61 bits per heavy atom. The first-order valence-corrected chi connectivity index (χ1v) is 5.77. The van der Waals surface area contributed by atoms with E-state index in [1.165, 1.54) is 6.07 Å². The summed E-state index contributed by atoms with van der Waals surface area (Å²) in [6.07, 6.45) is 0. The second-order valence-corrected chi connectivity index (χ2v) is 5.19. The van der Waals surface area contributed by atoms with Crippen LogP contribution in [0.5, 0.6) is 5.88 Å². The Kier molecular flexibility index (Phi) is 2.07. The summed E-state index contributed by atoms with van der Waals surface area (Å²) in [7, 11) is -0.734.